The van der Waals surface area contributed by atoms with Crippen molar-refractivity contribution < 1.29 is 14.3 Å². The van der Waals surface area contributed by atoms with Crippen molar-refractivity contribution >= 4 is 33.6 Å². The lowest BCUT2D eigenvalue weighted by Gasteiger charge is -2.10. The Morgan fingerprint density at radius 3 is 2.38 bits per heavy atom. The van der Waals surface area contributed by atoms with Gasteiger partial charge in [0.15, 0.2) is 11.5 Å². The molecule has 0 aliphatic carbocycles. The standard InChI is InChI=1S/C18H15BrN2O3/c1-23-16-8-7-15(10-17(16)24-2)21-18(22)13(11-20)9-12-3-5-14(19)6-4-12/h3-10H,1-2H3,(H,21,22)/b13-9+. The maximum absolute atomic E-state index is 12.3. The summed E-state index contributed by atoms with van der Waals surface area (Å²) in [6.45, 7) is 0. The minimum atomic E-state index is -0.493. The summed E-state index contributed by atoms with van der Waals surface area (Å²) in [4.78, 5) is 12.3. The number of hydrogen-bond acceptors (Lipinski definition) is 4. The lowest BCUT2D eigenvalue weighted by atomic mass is 10.1. The van der Waals surface area contributed by atoms with E-state index in [2.05, 4.69) is 21.2 Å². The van der Waals surface area contributed by atoms with Crippen LogP contribution in [0.5, 0.6) is 11.5 Å². The Balaban J connectivity index is 2.21. The zero-order valence-corrected chi connectivity index (χ0v) is 14.8. The number of ether oxygens (including phenoxy) is 2. The fraction of sp³-hybridized carbons (Fsp3) is 0.111. The van der Waals surface area contributed by atoms with Gasteiger partial charge in [-0.1, -0.05) is 28.1 Å². The Morgan fingerprint density at radius 2 is 1.79 bits per heavy atom. The van der Waals surface area contributed by atoms with Gasteiger partial charge in [0.25, 0.3) is 5.91 Å². The van der Waals surface area contributed by atoms with E-state index >= 15 is 0 Å². The molecule has 6 heteroatoms. The number of anilines is 1. The van der Waals surface area contributed by atoms with E-state index in [4.69, 9.17) is 9.47 Å². The Labute approximate surface area is 148 Å². The van der Waals surface area contributed by atoms with Gasteiger partial charge in [-0.3, -0.25) is 4.79 Å². The fourth-order valence-electron chi connectivity index (χ4n) is 1.99. The number of carbonyl (C=O) groups excluding carboxylic acids is 1. The largest absolute Gasteiger partial charge is 0.493 e. The molecule has 0 fully saturated rings. The zero-order valence-electron chi connectivity index (χ0n) is 13.2. The minimum absolute atomic E-state index is 0.00658. The van der Waals surface area contributed by atoms with Gasteiger partial charge in [-0.2, -0.15) is 5.26 Å². The van der Waals surface area contributed by atoms with Crippen molar-refractivity contribution in [3.63, 3.8) is 0 Å². The molecule has 0 unspecified atom stereocenters. The first kappa shape index (κ1) is 17.6. The van der Waals surface area contributed by atoms with Gasteiger partial charge in [0.2, 0.25) is 0 Å². The molecule has 0 bridgehead atoms. The van der Waals surface area contributed by atoms with Crippen LogP contribution in [-0.4, -0.2) is 20.1 Å². The molecule has 1 N–H and O–H groups in total. The molecular weight excluding hydrogens is 372 g/mol. The van der Waals surface area contributed by atoms with Crippen molar-refractivity contribution in [3.05, 3.63) is 58.1 Å². The predicted octanol–water partition coefficient (Wildman–Crippen LogP) is 4.01. The van der Waals surface area contributed by atoms with Crippen molar-refractivity contribution in [2.24, 2.45) is 0 Å². The first-order chi connectivity index (χ1) is 11.6. The number of amides is 1. The lowest BCUT2D eigenvalue weighted by molar-refractivity contribution is -0.112. The average molecular weight is 387 g/mol. The summed E-state index contributed by atoms with van der Waals surface area (Å²) in [5.41, 5.74) is 1.28. The molecule has 2 aromatic carbocycles. The molecule has 2 rings (SSSR count). The molecule has 0 saturated carbocycles. The van der Waals surface area contributed by atoms with Crippen molar-refractivity contribution in [1.29, 1.82) is 5.26 Å². The first-order valence-corrected chi connectivity index (χ1v) is 7.77. The Hall–Kier alpha value is -2.78. The monoisotopic (exact) mass is 386 g/mol. The second-order valence-corrected chi connectivity index (χ2v) is 5.66. The van der Waals surface area contributed by atoms with E-state index in [1.54, 1.807) is 18.2 Å². The Morgan fingerprint density at radius 1 is 1.12 bits per heavy atom. The van der Waals surface area contributed by atoms with Gasteiger partial charge in [0.1, 0.15) is 11.6 Å². The third-order valence-corrected chi connectivity index (χ3v) is 3.72. The highest BCUT2D eigenvalue weighted by Crippen LogP contribution is 2.29. The molecule has 122 valence electrons. The highest BCUT2D eigenvalue weighted by molar-refractivity contribution is 9.10. The quantitative estimate of drug-likeness (QED) is 0.622. The molecule has 5 nitrogen and oxygen atoms in total. The lowest BCUT2D eigenvalue weighted by Crippen LogP contribution is -2.13. The molecule has 0 spiro atoms. The van der Waals surface area contributed by atoms with E-state index in [-0.39, 0.29) is 5.57 Å². The smallest absolute Gasteiger partial charge is 0.266 e. The van der Waals surface area contributed by atoms with E-state index < -0.39 is 5.91 Å². The van der Waals surface area contributed by atoms with Gasteiger partial charge in [-0.15, -0.1) is 0 Å². The summed E-state index contributed by atoms with van der Waals surface area (Å²) >= 11 is 3.34. The van der Waals surface area contributed by atoms with Crippen LogP contribution in [0.3, 0.4) is 0 Å². The molecule has 24 heavy (non-hydrogen) atoms. The molecule has 0 radical (unpaired) electrons. The summed E-state index contributed by atoms with van der Waals surface area (Å²) in [5, 5.41) is 11.9. The van der Waals surface area contributed by atoms with Crippen LogP contribution in [0.25, 0.3) is 6.08 Å². The highest BCUT2D eigenvalue weighted by Gasteiger charge is 2.11. The maximum atomic E-state index is 12.3. The van der Waals surface area contributed by atoms with Gasteiger partial charge in [-0.25, -0.2) is 0 Å². The van der Waals surface area contributed by atoms with E-state index in [0.29, 0.717) is 17.2 Å². The normalized spacial score (nSPS) is 10.7. The van der Waals surface area contributed by atoms with Gasteiger partial charge in [-0.05, 0) is 35.9 Å². The third kappa shape index (κ3) is 4.37. The van der Waals surface area contributed by atoms with Crippen LogP contribution in [0, 0.1) is 11.3 Å². The predicted molar refractivity (Wildman–Crippen MR) is 95.9 cm³/mol. The van der Waals surface area contributed by atoms with Gasteiger partial charge < -0.3 is 14.8 Å². The maximum Gasteiger partial charge on any atom is 0.266 e. The number of nitriles is 1. The van der Waals surface area contributed by atoms with Crippen LogP contribution < -0.4 is 14.8 Å². The van der Waals surface area contributed by atoms with Gasteiger partial charge in [0, 0.05) is 16.2 Å². The van der Waals surface area contributed by atoms with Crippen molar-refractivity contribution in [3.8, 4) is 17.6 Å². The minimum Gasteiger partial charge on any atom is -0.493 e. The SMILES string of the molecule is COc1ccc(NC(=O)/C(C#N)=C/c2ccc(Br)cc2)cc1OC. The molecule has 1 amide bonds. The Kier molecular flexibility index (Phi) is 5.99. The van der Waals surface area contributed by atoms with Crippen LogP contribution in [0.2, 0.25) is 0 Å². The summed E-state index contributed by atoms with van der Waals surface area (Å²) in [7, 11) is 3.04. The number of nitrogens with one attached hydrogen (secondary N) is 1. The molecule has 2 aromatic rings. The van der Waals surface area contributed by atoms with E-state index in [1.807, 2.05) is 30.3 Å². The van der Waals surface area contributed by atoms with Crippen molar-refractivity contribution in [1.82, 2.24) is 0 Å². The second-order valence-electron chi connectivity index (χ2n) is 4.75. The number of rotatable bonds is 5. The average Bonchev–Trinajstić information content (AvgIpc) is 2.60. The summed E-state index contributed by atoms with van der Waals surface area (Å²) < 4.78 is 11.3. The molecule has 0 aliphatic rings. The number of methoxy groups -OCH3 is 2. The number of halogens is 1. The van der Waals surface area contributed by atoms with Gasteiger partial charge >= 0.3 is 0 Å². The van der Waals surface area contributed by atoms with Gasteiger partial charge in [0.05, 0.1) is 14.2 Å². The third-order valence-electron chi connectivity index (χ3n) is 3.19. The number of hydrogen-bond donors (Lipinski definition) is 1. The summed E-state index contributed by atoms with van der Waals surface area (Å²) in [6, 6.07) is 14.2. The van der Waals surface area contributed by atoms with E-state index in [1.165, 1.54) is 20.3 Å². The zero-order chi connectivity index (χ0) is 17.5. The molecule has 0 aromatic heterocycles. The molecule has 0 saturated heterocycles. The van der Waals surface area contributed by atoms with Crippen LogP contribution in [0.4, 0.5) is 5.69 Å². The second kappa shape index (κ2) is 8.18. The van der Waals surface area contributed by atoms with Crippen molar-refractivity contribution in [2.45, 2.75) is 0 Å². The highest BCUT2D eigenvalue weighted by atomic mass is 79.9. The molecular formula is C18H15BrN2O3. The number of nitrogens with zero attached hydrogens (tertiary/aromatic N) is 1. The summed E-state index contributed by atoms with van der Waals surface area (Å²) in [5.74, 6) is 0.555. The van der Waals surface area contributed by atoms with Crippen LogP contribution in [-0.2, 0) is 4.79 Å². The van der Waals surface area contributed by atoms with E-state index in [9.17, 15) is 10.1 Å². The molecule has 0 heterocycles. The van der Waals surface area contributed by atoms with E-state index in [0.717, 1.165) is 10.0 Å². The van der Waals surface area contributed by atoms with Crippen LogP contribution in [0.1, 0.15) is 5.56 Å². The van der Waals surface area contributed by atoms with Crippen molar-refractivity contribution in [2.75, 3.05) is 19.5 Å². The molecule has 0 atom stereocenters. The molecule has 0 aliphatic heterocycles. The summed E-state index contributed by atoms with van der Waals surface area (Å²) in [6.07, 6.45) is 1.53. The number of benzene rings is 2. The van der Waals surface area contributed by atoms with Crippen LogP contribution in [0.15, 0.2) is 52.5 Å². The first-order valence-electron chi connectivity index (χ1n) is 6.98. The number of carbonyl (C=O) groups is 1. The Bertz CT molecular complexity index is 808. The van der Waals surface area contributed by atoms with Crippen LogP contribution >= 0.6 is 15.9 Å². The topological polar surface area (TPSA) is 71.3 Å². The fourth-order valence-corrected chi connectivity index (χ4v) is 2.25.